The molecule has 4 nitrogen and oxygen atoms in total. The predicted molar refractivity (Wildman–Crippen MR) is 54.5 cm³/mol. The summed E-state index contributed by atoms with van der Waals surface area (Å²) < 4.78 is 0. The molecule has 0 aromatic carbocycles. The molecule has 1 fully saturated rings. The van der Waals surface area contributed by atoms with Crippen LogP contribution in [0.25, 0.3) is 0 Å². The Morgan fingerprint density at radius 3 is 1.60 bits per heavy atom. The molecule has 84 valence electrons. The van der Waals surface area contributed by atoms with Gasteiger partial charge in [-0.25, -0.2) is 9.59 Å². The van der Waals surface area contributed by atoms with Crippen molar-refractivity contribution < 1.29 is 19.8 Å². The summed E-state index contributed by atoms with van der Waals surface area (Å²) in [4.78, 5) is 21.6. The van der Waals surface area contributed by atoms with E-state index in [1.165, 1.54) is 0 Å². The van der Waals surface area contributed by atoms with Crippen molar-refractivity contribution in [2.75, 3.05) is 0 Å². The number of hydrogen-bond donors (Lipinski definition) is 2. The molecule has 0 heterocycles. The van der Waals surface area contributed by atoms with Crippen molar-refractivity contribution in [3.8, 4) is 0 Å². The number of aliphatic carboxylic acids is 2. The summed E-state index contributed by atoms with van der Waals surface area (Å²) in [5.41, 5.74) is 0.313. The van der Waals surface area contributed by atoms with Gasteiger partial charge >= 0.3 is 11.9 Å². The first-order valence-electron chi connectivity index (χ1n) is 5.32. The van der Waals surface area contributed by atoms with Gasteiger partial charge in [0.15, 0.2) is 0 Å². The lowest BCUT2D eigenvalue weighted by Crippen LogP contribution is -2.17. The van der Waals surface area contributed by atoms with Crippen molar-refractivity contribution >= 4 is 11.9 Å². The van der Waals surface area contributed by atoms with E-state index in [0.717, 1.165) is 19.3 Å². The van der Waals surface area contributed by atoms with Crippen LogP contribution in [-0.4, -0.2) is 22.2 Å². The summed E-state index contributed by atoms with van der Waals surface area (Å²) >= 11 is 0. The standard InChI is InChI=1S/C9H10O4.C2H6/c10-8(11)6-4-1-2-5(3-4)7(6)9(12)13;1-2/h4-5H,1-3H2,(H,10,11)(H,12,13);1-2H3. The summed E-state index contributed by atoms with van der Waals surface area (Å²) in [6.45, 7) is 4.00. The van der Waals surface area contributed by atoms with Gasteiger partial charge in [-0.3, -0.25) is 0 Å². The van der Waals surface area contributed by atoms with Gasteiger partial charge in [0.05, 0.1) is 11.1 Å². The third-order valence-electron chi connectivity index (χ3n) is 3.00. The van der Waals surface area contributed by atoms with E-state index in [4.69, 9.17) is 10.2 Å². The van der Waals surface area contributed by atoms with E-state index in [1.54, 1.807) is 0 Å². The number of carboxylic acid groups (broad SMARTS) is 2. The number of carbonyl (C=O) groups is 2. The maximum atomic E-state index is 10.8. The van der Waals surface area contributed by atoms with Gasteiger partial charge < -0.3 is 10.2 Å². The molecule has 0 spiro atoms. The Morgan fingerprint density at radius 2 is 1.33 bits per heavy atom. The maximum absolute atomic E-state index is 10.8. The highest BCUT2D eigenvalue weighted by molar-refractivity contribution is 6.00. The van der Waals surface area contributed by atoms with Gasteiger partial charge in [-0.2, -0.15) is 0 Å². The second kappa shape index (κ2) is 4.47. The smallest absolute Gasteiger partial charge is 0.332 e. The third-order valence-corrected chi connectivity index (χ3v) is 3.00. The quantitative estimate of drug-likeness (QED) is 0.733. The molecule has 2 N–H and O–H groups in total. The fourth-order valence-electron chi connectivity index (χ4n) is 2.53. The molecule has 2 aliphatic rings. The Balaban J connectivity index is 0.000000531. The minimum Gasteiger partial charge on any atom is -0.478 e. The maximum Gasteiger partial charge on any atom is 0.332 e. The predicted octanol–water partition coefficient (Wildman–Crippen LogP) is 1.91. The second-order valence-electron chi connectivity index (χ2n) is 3.64. The van der Waals surface area contributed by atoms with Crippen molar-refractivity contribution in [1.82, 2.24) is 0 Å². The Hall–Kier alpha value is -1.32. The molecular formula is C11H16O4. The van der Waals surface area contributed by atoms with Crippen LogP contribution in [0, 0.1) is 11.8 Å². The lowest BCUT2D eigenvalue weighted by atomic mass is 9.92. The summed E-state index contributed by atoms with van der Waals surface area (Å²) in [7, 11) is 0. The molecule has 0 radical (unpaired) electrons. The normalized spacial score (nSPS) is 27.3. The summed E-state index contributed by atoms with van der Waals surface area (Å²) in [5.74, 6) is -2.11. The lowest BCUT2D eigenvalue weighted by Gasteiger charge is -2.12. The van der Waals surface area contributed by atoms with Gasteiger partial charge in [-0.05, 0) is 31.1 Å². The van der Waals surface area contributed by atoms with Crippen LogP contribution in [0.4, 0.5) is 0 Å². The first kappa shape index (κ1) is 11.8. The van der Waals surface area contributed by atoms with Crippen LogP contribution in [0.3, 0.4) is 0 Å². The van der Waals surface area contributed by atoms with Crippen molar-refractivity contribution in [3.63, 3.8) is 0 Å². The Morgan fingerprint density at radius 1 is 1.00 bits per heavy atom. The molecule has 4 heteroatoms. The van der Waals surface area contributed by atoms with Crippen LogP contribution < -0.4 is 0 Å². The van der Waals surface area contributed by atoms with Crippen LogP contribution in [-0.2, 0) is 9.59 Å². The monoisotopic (exact) mass is 212 g/mol. The van der Waals surface area contributed by atoms with Gasteiger partial charge in [0, 0.05) is 0 Å². The van der Waals surface area contributed by atoms with Crippen molar-refractivity contribution in [2.24, 2.45) is 11.8 Å². The van der Waals surface area contributed by atoms with Crippen molar-refractivity contribution in [1.29, 1.82) is 0 Å². The fraction of sp³-hybridized carbons (Fsp3) is 0.636. The molecule has 1 saturated carbocycles. The Kier molecular flexibility index (Phi) is 3.50. The van der Waals surface area contributed by atoms with Crippen LogP contribution in [0.15, 0.2) is 11.1 Å². The zero-order valence-electron chi connectivity index (χ0n) is 8.99. The fourth-order valence-corrected chi connectivity index (χ4v) is 2.53. The van der Waals surface area contributed by atoms with E-state index >= 15 is 0 Å². The average molecular weight is 212 g/mol. The highest BCUT2D eigenvalue weighted by atomic mass is 16.4. The van der Waals surface area contributed by atoms with E-state index in [9.17, 15) is 9.59 Å². The van der Waals surface area contributed by atoms with Gasteiger partial charge in [0.25, 0.3) is 0 Å². The van der Waals surface area contributed by atoms with Gasteiger partial charge in [-0.15, -0.1) is 0 Å². The summed E-state index contributed by atoms with van der Waals surface area (Å²) in [6, 6.07) is 0. The summed E-state index contributed by atoms with van der Waals surface area (Å²) in [5, 5.41) is 17.7. The molecule has 2 aliphatic carbocycles. The molecule has 0 aromatic heterocycles. The molecule has 2 rings (SSSR count). The molecule has 0 aromatic rings. The SMILES string of the molecule is CC.O=C(O)C1=C(C(=O)O)C2CCC1C2. The van der Waals surface area contributed by atoms with E-state index in [1.807, 2.05) is 13.8 Å². The lowest BCUT2D eigenvalue weighted by molar-refractivity contribution is -0.136. The molecule has 2 unspecified atom stereocenters. The van der Waals surface area contributed by atoms with Crippen molar-refractivity contribution in [2.45, 2.75) is 33.1 Å². The minimum absolute atomic E-state index is 0.00593. The minimum atomic E-state index is -1.05. The molecule has 15 heavy (non-hydrogen) atoms. The van der Waals surface area contributed by atoms with Crippen LogP contribution in [0.1, 0.15) is 33.1 Å². The van der Waals surface area contributed by atoms with E-state index in [-0.39, 0.29) is 23.0 Å². The summed E-state index contributed by atoms with van der Waals surface area (Å²) in [6.07, 6.45) is 2.40. The number of carboxylic acids is 2. The molecule has 0 amide bonds. The van der Waals surface area contributed by atoms with Crippen LogP contribution >= 0.6 is 0 Å². The molecule has 2 bridgehead atoms. The Bertz CT molecular complexity index is 287. The first-order chi connectivity index (χ1) is 7.11. The second-order valence-corrected chi connectivity index (χ2v) is 3.64. The van der Waals surface area contributed by atoms with E-state index in [2.05, 4.69) is 0 Å². The average Bonchev–Trinajstić information content (AvgIpc) is 2.79. The van der Waals surface area contributed by atoms with E-state index < -0.39 is 11.9 Å². The van der Waals surface area contributed by atoms with Crippen LogP contribution in [0.2, 0.25) is 0 Å². The highest BCUT2D eigenvalue weighted by Gasteiger charge is 2.44. The largest absolute Gasteiger partial charge is 0.478 e. The highest BCUT2D eigenvalue weighted by Crippen LogP contribution is 2.48. The molecule has 0 saturated heterocycles. The van der Waals surface area contributed by atoms with Crippen LogP contribution in [0.5, 0.6) is 0 Å². The number of rotatable bonds is 2. The first-order valence-corrected chi connectivity index (χ1v) is 5.32. The topological polar surface area (TPSA) is 74.6 Å². The number of fused-ring (bicyclic) bond motifs is 2. The Labute approximate surface area is 88.6 Å². The third kappa shape index (κ3) is 1.89. The molecule has 2 atom stereocenters. The van der Waals surface area contributed by atoms with Gasteiger partial charge in [0.2, 0.25) is 0 Å². The van der Waals surface area contributed by atoms with Crippen molar-refractivity contribution in [3.05, 3.63) is 11.1 Å². The van der Waals surface area contributed by atoms with Gasteiger partial charge in [-0.1, -0.05) is 13.8 Å². The molecule has 0 aliphatic heterocycles. The number of hydrogen-bond acceptors (Lipinski definition) is 2. The zero-order chi connectivity index (χ0) is 11.6. The van der Waals surface area contributed by atoms with E-state index in [0.29, 0.717) is 0 Å². The molecular weight excluding hydrogens is 196 g/mol. The zero-order valence-corrected chi connectivity index (χ0v) is 8.99. The van der Waals surface area contributed by atoms with Gasteiger partial charge in [0.1, 0.15) is 0 Å².